The first-order chi connectivity index (χ1) is 18.4. The van der Waals surface area contributed by atoms with Gasteiger partial charge in [0.15, 0.2) is 11.6 Å². The molecule has 3 rings (SSSR count). The van der Waals surface area contributed by atoms with Crippen molar-refractivity contribution in [3.05, 3.63) is 83.1 Å². The van der Waals surface area contributed by atoms with Gasteiger partial charge in [-0.15, -0.1) is 0 Å². The molecule has 3 aromatic rings. The van der Waals surface area contributed by atoms with E-state index in [2.05, 4.69) is 5.32 Å². The van der Waals surface area contributed by atoms with E-state index in [-0.39, 0.29) is 22.6 Å². The number of aldehydes is 1. The van der Waals surface area contributed by atoms with Crippen molar-refractivity contribution in [2.75, 3.05) is 12.4 Å². The molecule has 1 heterocycles. The number of halogens is 6. The van der Waals surface area contributed by atoms with E-state index in [4.69, 9.17) is 16.7 Å². The van der Waals surface area contributed by atoms with Crippen LogP contribution in [0.25, 0.3) is 17.3 Å². The highest BCUT2D eigenvalue weighted by atomic mass is 35.5. The number of carbonyl (C=O) groups is 2. The van der Waals surface area contributed by atoms with Crippen molar-refractivity contribution in [2.45, 2.75) is 39.4 Å². The van der Waals surface area contributed by atoms with Crippen LogP contribution >= 0.6 is 11.6 Å². The van der Waals surface area contributed by atoms with Gasteiger partial charge in [0.2, 0.25) is 0 Å². The molecule has 2 aromatic carbocycles. The Hall–Kier alpha value is -3.50. The number of carbonyl (C=O) groups excluding carboxylic acids is 2. The molecule has 0 spiro atoms. The maximum absolute atomic E-state index is 13.9. The zero-order valence-electron chi connectivity index (χ0n) is 22.0. The Morgan fingerprint density at radius 3 is 2.15 bits per heavy atom. The Kier molecular flexibility index (Phi) is 13.1. The van der Waals surface area contributed by atoms with Crippen molar-refractivity contribution >= 4 is 35.6 Å². The van der Waals surface area contributed by atoms with E-state index < -0.39 is 46.3 Å². The van der Waals surface area contributed by atoms with Crippen LogP contribution < -0.4 is 5.32 Å². The van der Waals surface area contributed by atoms with E-state index in [1.165, 1.54) is 54.0 Å². The highest BCUT2D eigenvalue weighted by Gasteiger charge is 2.37. The van der Waals surface area contributed by atoms with Gasteiger partial charge < -0.3 is 19.8 Å². The molecule has 5 nitrogen and oxygen atoms in total. The van der Waals surface area contributed by atoms with Gasteiger partial charge in [0.1, 0.15) is 11.8 Å². The van der Waals surface area contributed by atoms with Crippen molar-refractivity contribution in [1.29, 1.82) is 0 Å². The van der Waals surface area contributed by atoms with E-state index in [1.54, 1.807) is 6.92 Å². The fourth-order valence-corrected chi connectivity index (χ4v) is 3.66. The Morgan fingerprint density at radius 1 is 1.05 bits per heavy atom. The lowest BCUT2D eigenvalue weighted by molar-refractivity contribution is -0.137. The number of anilines is 1. The predicted molar refractivity (Wildman–Crippen MR) is 143 cm³/mol. The molecule has 1 amide bonds. The number of nitrogens with zero attached hydrogens (tertiary/aromatic N) is 1. The maximum atomic E-state index is 13.9. The second-order valence-electron chi connectivity index (χ2n) is 7.76. The van der Waals surface area contributed by atoms with Crippen LogP contribution in [0.1, 0.15) is 54.8 Å². The highest BCUT2D eigenvalue weighted by Crippen LogP contribution is 2.42. The Morgan fingerprint density at radius 2 is 1.64 bits per heavy atom. The van der Waals surface area contributed by atoms with Gasteiger partial charge in [0.05, 0.1) is 16.8 Å². The molecule has 2 N–H and O–H groups in total. The second-order valence-corrected chi connectivity index (χ2v) is 8.39. The van der Waals surface area contributed by atoms with Crippen molar-refractivity contribution in [2.24, 2.45) is 5.92 Å². The number of aromatic nitrogens is 1. The van der Waals surface area contributed by atoms with E-state index in [1.807, 2.05) is 13.8 Å². The molecule has 0 radical (unpaired) electrons. The summed E-state index contributed by atoms with van der Waals surface area (Å²) < 4.78 is 70.3. The summed E-state index contributed by atoms with van der Waals surface area (Å²) in [4.78, 5) is 23.2. The molecule has 0 bridgehead atoms. The summed E-state index contributed by atoms with van der Waals surface area (Å²) >= 11 is 6.24. The maximum Gasteiger partial charge on any atom is 0.418 e. The molecule has 0 aliphatic carbocycles. The third-order valence-corrected chi connectivity index (χ3v) is 5.32. The molecular formula is C28H30ClF5N2O3. The molecule has 212 valence electrons. The van der Waals surface area contributed by atoms with Crippen LogP contribution in [0.15, 0.2) is 54.6 Å². The summed E-state index contributed by atoms with van der Waals surface area (Å²) in [6, 6.07) is 9.47. The van der Waals surface area contributed by atoms with Crippen LogP contribution in [0.2, 0.25) is 0 Å². The van der Waals surface area contributed by atoms with Crippen LogP contribution in [0.5, 0.6) is 0 Å². The van der Waals surface area contributed by atoms with Crippen molar-refractivity contribution in [1.82, 2.24) is 4.57 Å². The molecule has 0 saturated heterocycles. The lowest BCUT2D eigenvalue weighted by Crippen LogP contribution is -2.14. The molecule has 0 saturated carbocycles. The quantitative estimate of drug-likeness (QED) is 0.171. The summed E-state index contributed by atoms with van der Waals surface area (Å²) in [5, 5.41) is 9.39. The van der Waals surface area contributed by atoms with Crippen molar-refractivity contribution < 1.29 is 36.6 Å². The van der Waals surface area contributed by atoms with Crippen LogP contribution in [0.4, 0.5) is 27.6 Å². The summed E-state index contributed by atoms with van der Waals surface area (Å²) in [7, 11) is 1.00. The number of alkyl halides is 4. The number of hydrogen-bond acceptors (Lipinski definition) is 3. The minimum Gasteiger partial charge on any atom is -0.400 e. The van der Waals surface area contributed by atoms with Gasteiger partial charge in [0.25, 0.3) is 5.91 Å². The molecular weight excluding hydrogens is 543 g/mol. The van der Waals surface area contributed by atoms with Crippen molar-refractivity contribution in [3.63, 3.8) is 0 Å². The zero-order valence-corrected chi connectivity index (χ0v) is 22.7. The van der Waals surface area contributed by atoms with Crippen LogP contribution in [-0.4, -0.2) is 29.0 Å². The molecule has 2 atom stereocenters. The smallest absolute Gasteiger partial charge is 0.400 e. The summed E-state index contributed by atoms with van der Waals surface area (Å²) in [5.74, 6) is -3.92. The fraction of sp³-hybridized carbons (Fsp3) is 0.286. The number of allylic oxidation sites excluding steroid dienone is 1. The average molecular weight is 573 g/mol. The first kappa shape index (κ1) is 33.5. The largest absolute Gasteiger partial charge is 0.418 e. The minimum atomic E-state index is -4.70. The SMILES string of the molecule is CC.CC(C=O)/C=C\c1cc(C(F)(F)F)c(-c2ccc(NC(=O)c3cccc(F)c3F)cc2)n1C(C)Cl.CO. The molecule has 11 heteroatoms. The molecule has 0 fully saturated rings. The summed E-state index contributed by atoms with van der Waals surface area (Å²) in [5.41, 5.74) is -2.05. The lowest BCUT2D eigenvalue weighted by Gasteiger charge is -2.17. The average Bonchev–Trinajstić information content (AvgIpc) is 3.32. The minimum absolute atomic E-state index is 0.155. The van der Waals surface area contributed by atoms with Gasteiger partial charge in [-0.05, 0) is 48.9 Å². The second kappa shape index (κ2) is 15.2. The molecule has 2 unspecified atom stereocenters. The molecule has 0 aliphatic rings. The van der Waals surface area contributed by atoms with Crippen LogP contribution in [0, 0.1) is 17.6 Å². The third kappa shape index (κ3) is 8.49. The molecule has 39 heavy (non-hydrogen) atoms. The fourth-order valence-electron chi connectivity index (χ4n) is 3.45. The van der Waals surface area contributed by atoms with Crippen LogP contribution in [0.3, 0.4) is 0 Å². The van der Waals surface area contributed by atoms with Gasteiger partial charge in [-0.2, -0.15) is 13.2 Å². The summed E-state index contributed by atoms with van der Waals surface area (Å²) in [6.07, 6.45) is -1.18. The standard InChI is InChI=1S/C25H20ClF5N2O2.C2H6.CH4O/c1-14(13-34)6-11-18-12-20(25(29,30)31)23(33(18)15(2)26)16-7-9-17(10-8-16)32-24(35)19-4-3-5-21(27)22(19)28;2*1-2/h3-15H,1-2H3,(H,32,35);1-2H3;2H,1H3/b11-6-;;. The van der Waals surface area contributed by atoms with Crippen LogP contribution in [-0.2, 0) is 11.0 Å². The van der Waals surface area contributed by atoms with Crippen molar-refractivity contribution in [3.8, 4) is 11.3 Å². The van der Waals surface area contributed by atoms with Gasteiger partial charge in [-0.25, -0.2) is 8.78 Å². The number of aliphatic hydroxyl groups is 1. The van der Waals surface area contributed by atoms with Gasteiger partial charge >= 0.3 is 6.18 Å². The normalized spacial score (nSPS) is 12.5. The molecule has 0 aliphatic heterocycles. The Bertz CT molecular complexity index is 1270. The van der Waals surface area contributed by atoms with Gasteiger partial charge in [-0.3, -0.25) is 4.79 Å². The number of rotatable bonds is 7. The number of hydrogen-bond donors (Lipinski definition) is 2. The van der Waals surface area contributed by atoms with E-state index in [0.29, 0.717) is 6.29 Å². The summed E-state index contributed by atoms with van der Waals surface area (Å²) in [6.45, 7) is 7.10. The third-order valence-electron chi connectivity index (χ3n) is 5.13. The predicted octanol–water partition coefficient (Wildman–Crippen LogP) is 7.94. The number of amides is 1. The monoisotopic (exact) mass is 572 g/mol. The lowest BCUT2D eigenvalue weighted by atomic mass is 10.1. The topological polar surface area (TPSA) is 71.3 Å². The number of aliphatic hydroxyl groups excluding tert-OH is 1. The first-order valence-electron chi connectivity index (χ1n) is 11.8. The Labute approximate surface area is 228 Å². The van der Waals surface area contributed by atoms with E-state index in [9.17, 15) is 31.5 Å². The zero-order chi connectivity index (χ0) is 29.9. The number of nitrogens with one attached hydrogen (secondary N) is 1. The first-order valence-corrected chi connectivity index (χ1v) is 12.3. The van der Waals surface area contributed by atoms with E-state index >= 15 is 0 Å². The Balaban J connectivity index is 0.00000181. The highest BCUT2D eigenvalue weighted by molar-refractivity contribution is 6.19. The van der Waals surface area contributed by atoms with Gasteiger partial charge in [0, 0.05) is 24.4 Å². The van der Waals surface area contributed by atoms with Gasteiger partial charge in [-0.1, -0.05) is 56.6 Å². The van der Waals surface area contributed by atoms with E-state index in [0.717, 1.165) is 25.3 Å². The molecule has 1 aromatic heterocycles. The number of benzene rings is 2.